The Labute approximate surface area is 190 Å². The van der Waals surface area contributed by atoms with Crippen molar-refractivity contribution in [3.8, 4) is 11.5 Å². The van der Waals surface area contributed by atoms with Crippen molar-refractivity contribution < 1.29 is 19.1 Å². The number of nitrogens with zero attached hydrogens (tertiary/aromatic N) is 2. The number of carbonyl (C=O) groups is 2. The fraction of sp³-hybridized carbons (Fsp3) is 0.261. The van der Waals surface area contributed by atoms with Gasteiger partial charge in [0.05, 0.1) is 19.9 Å². The Morgan fingerprint density at radius 3 is 2.59 bits per heavy atom. The quantitative estimate of drug-likeness (QED) is 0.617. The van der Waals surface area contributed by atoms with Crippen molar-refractivity contribution in [2.24, 2.45) is 7.05 Å². The lowest BCUT2D eigenvalue weighted by molar-refractivity contribution is -0.118. The van der Waals surface area contributed by atoms with Crippen LogP contribution in [0, 0.1) is 6.92 Å². The normalized spacial score (nSPS) is 17.3. The zero-order valence-electron chi connectivity index (χ0n) is 18.1. The van der Waals surface area contributed by atoms with E-state index in [1.54, 1.807) is 42.1 Å². The molecule has 2 N–H and O–H groups in total. The number of hydrogen-bond donors (Lipinski definition) is 2. The summed E-state index contributed by atoms with van der Waals surface area (Å²) in [6.07, 6.45) is 0. The van der Waals surface area contributed by atoms with Gasteiger partial charge in [-0.1, -0.05) is 23.7 Å². The summed E-state index contributed by atoms with van der Waals surface area (Å²) in [4.78, 5) is 26.3. The molecule has 2 amide bonds. The molecule has 32 heavy (non-hydrogen) atoms. The first kappa shape index (κ1) is 21.7. The number of halogens is 1. The molecular formula is C23H23ClN4O4. The van der Waals surface area contributed by atoms with Crippen LogP contribution < -0.4 is 20.1 Å². The summed E-state index contributed by atoms with van der Waals surface area (Å²) in [6, 6.07) is 11.2. The number of rotatable bonds is 5. The van der Waals surface area contributed by atoms with Crippen molar-refractivity contribution >= 4 is 29.2 Å². The molecule has 0 unspecified atom stereocenters. The van der Waals surface area contributed by atoms with Crippen LogP contribution in [0.15, 0.2) is 42.5 Å². The average molecular weight is 455 g/mol. The van der Waals surface area contributed by atoms with Crippen molar-refractivity contribution in [1.29, 1.82) is 0 Å². The summed E-state index contributed by atoms with van der Waals surface area (Å²) in [5.41, 5.74) is 2.75. The number of nitrogens with one attached hydrogen (secondary N) is 2. The first-order valence-corrected chi connectivity index (χ1v) is 10.3. The molecule has 9 heteroatoms. The molecule has 3 aromatic rings. The van der Waals surface area contributed by atoms with Crippen LogP contribution in [-0.2, 0) is 11.8 Å². The predicted octanol–water partition coefficient (Wildman–Crippen LogP) is 3.28. The van der Waals surface area contributed by atoms with E-state index in [4.69, 9.17) is 21.1 Å². The van der Waals surface area contributed by atoms with Crippen LogP contribution in [0.2, 0.25) is 5.02 Å². The van der Waals surface area contributed by atoms with Crippen molar-refractivity contribution in [3.63, 3.8) is 0 Å². The number of anilines is 1. The minimum Gasteiger partial charge on any atom is -0.493 e. The van der Waals surface area contributed by atoms with E-state index in [1.807, 2.05) is 19.1 Å². The molecule has 0 spiro atoms. The van der Waals surface area contributed by atoms with E-state index >= 15 is 0 Å². The average Bonchev–Trinajstić information content (AvgIpc) is 3.06. The summed E-state index contributed by atoms with van der Waals surface area (Å²) >= 11 is 6.25. The van der Waals surface area contributed by atoms with Crippen LogP contribution in [0.4, 0.5) is 5.82 Å². The Morgan fingerprint density at radius 2 is 1.91 bits per heavy atom. The number of aromatic nitrogens is 2. The van der Waals surface area contributed by atoms with Crippen LogP contribution in [0.5, 0.6) is 11.5 Å². The zero-order valence-corrected chi connectivity index (χ0v) is 18.9. The summed E-state index contributed by atoms with van der Waals surface area (Å²) in [7, 11) is 4.78. The number of benzene rings is 2. The van der Waals surface area contributed by atoms with Crippen LogP contribution in [0.1, 0.15) is 33.1 Å². The maximum absolute atomic E-state index is 13.1. The van der Waals surface area contributed by atoms with Gasteiger partial charge in [-0.3, -0.25) is 14.3 Å². The highest BCUT2D eigenvalue weighted by Gasteiger charge is 2.41. The lowest BCUT2D eigenvalue weighted by Crippen LogP contribution is -2.50. The van der Waals surface area contributed by atoms with E-state index < -0.39 is 17.9 Å². The standard InChI is InChI=1S/C23H23ClN4O4/c1-12-18-19(13-6-5-7-15(24)10-13)20(23(30)26-21(18)28(2)27-12)25-22(29)14-8-9-16(31-3)17(11-14)32-4/h5-11,19-20H,1-4H3,(H,25,29)(H,26,30)/t19-,20+/m1/s1. The number of amides is 2. The molecule has 2 aromatic carbocycles. The van der Waals surface area contributed by atoms with Crippen molar-refractivity contribution in [2.45, 2.75) is 18.9 Å². The molecular weight excluding hydrogens is 432 g/mol. The van der Waals surface area contributed by atoms with E-state index in [9.17, 15) is 9.59 Å². The molecule has 1 aromatic heterocycles. The van der Waals surface area contributed by atoms with E-state index in [0.717, 1.165) is 16.8 Å². The zero-order chi connectivity index (χ0) is 23.0. The van der Waals surface area contributed by atoms with E-state index in [2.05, 4.69) is 15.7 Å². The van der Waals surface area contributed by atoms with Crippen LogP contribution >= 0.6 is 11.6 Å². The van der Waals surface area contributed by atoms with Crippen molar-refractivity contribution in [3.05, 3.63) is 69.9 Å². The van der Waals surface area contributed by atoms with Gasteiger partial charge in [-0.2, -0.15) is 5.10 Å². The SMILES string of the molecule is COc1ccc(C(=O)N[C@@H]2C(=O)Nc3c(c(C)nn3C)[C@H]2c2cccc(Cl)c2)cc1OC. The van der Waals surface area contributed by atoms with Gasteiger partial charge in [0.15, 0.2) is 11.5 Å². The Balaban J connectivity index is 1.75. The third-order valence-electron chi connectivity index (χ3n) is 5.58. The molecule has 8 nitrogen and oxygen atoms in total. The molecule has 0 radical (unpaired) electrons. The third-order valence-corrected chi connectivity index (χ3v) is 5.81. The second kappa shape index (κ2) is 8.55. The minimum atomic E-state index is -0.871. The Bertz CT molecular complexity index is 1210. The molecule has 1 aliphatic heterocycles. The molecule has 4 rings (SSSR count). The van der Waals surface area contributed by atoms with E-state index in [-0.39, 0.29) is 5.91 Å². The summed E-state index contributed by atoms with van der Waals surface area (Å²) < 4.78 is 12.2. The van der Waals surface area contributed by atoms with E-state index in [0.29, 0.717) is 27.9 Å². The fourth-order valence-electron chi connectivity index (χ4n) is 4.12. The molecule has 2 atom stereocenters. The van der Waals surface area contributed by atoms with E-state index in [1.165, 1.54) is 14.2 Å². The highest BCUT2D eigenvalue weighted by atomic mass is 35.5. The Morgan fingerprint density at radius 1 is 1.16 bits per heavy atom. The molecule has 0 fully saturated rings. The van der Waals surface area contributed by atoms with Gasteiger partial charge in [-0.05, 0) is 42.8 Å². The maximum Gasteiger partial charge on any atom is 0.252 e. The van der Waals surface area contributed by atoms with Gasteiger partial charge in [0.1, 0.15) is 11.9 Å². The number of methoxy groups -OCH3 is 2. The molecule has 0 bridgehead atoms. The topological polar surface area (TPSA) is 94.5 Å². The summed E-state index contributed by atoms with van der Waals surface area (Å²) in [5, 5.41) is 10.8. The lowest BCUT2D eigenvalue weighted by Gasteiger charge is -2.32. The minimum absolute atomic E-state index is 0.334. The number of carbonyl (C=O) groups excluding carboxylic acids is 2. The Kier molecular flexibility index (Phi) is 5.80. The molecule has 166 valence electrons. The fourth-order valence-corrected chi connectivity index (χ4v) is 4.32. The van der Waals surface area contributed by atoms with Crippen LogP contribution in [0.25, 0.3) is 0 Å². The Hall–Kier alpha value is -3.52. The second-order valence-electron chi connectivity index (χ2n) is 7.51. The van der Waals surface area contributed by atoms with Gasteiger partial charge in [-0.25, -0.2) is 0 Å². The summed E-state index contributed by atoms with van der Waals surface area (Å²) in [5.74, 6) is 0.323. The first-order valence-electron chi connectivity index (χ1n) is 9.96. The molecule has 0 saturated carbocycles. The van der Waals surface area contributed by atoms with Gasteiger partial charge in [0, 0.05) is 29.1 Å². The van der Waals surface area contributed by atoms with Gasteiger partial charge < -0.3 is 20.1 Å². The number of ether oxygens (including phenoxy) is 2. The van der Waals surface area contributed by atoms with Gasteiger partial charge >= 0.3 is 0 Å². The third kappa shape index (κ3) is 3.78. The maximum atomic E-state index is 13.1. The second-order valence-corrected chi connectivity index (χ2v) is 7.95. The number of aryl methyl sites for hydroxylation is 2. The highest BCUT2D eigenvalue weighted by molar-refractivity contribution is 6.30. The molecule has 2 heterocycles. The van der Waals surface area contributed by atoms with Gasteiger partial charge in [-0.15, -0.1) is 0 Å². The largest absolute Gasteiger partial charge is 0.493 e. The summed E-state index contributed by atoms with van der Waals surface area (Å²) in [6.45, 7) is 1.88. The van der Waals surface area contributed by atoms with Crippen molar-refractivity contribution in [1.82, 2.24) is 15.1 Å². The lowest BCUT2D eigenvalue weighted by atomic mass is 9.82. The predicted molar refractivity (Wildman–Crippen MR) is 121 cm³/mol. The number of hydrogen-bond acceptors (Lipinski definition) is 5. The monoisotopic (exact) mass is 454 g/mol. The number of fused-ring (bicyclic) bond motifs is 1. The van der Waals surface area contributed by atoms with Gasteiger partial charge in [0.25, 0.3) is 5.91 Å². The molecule has 0 saturated heterocycles. The smallest absolute Gasteiger partial charge is 0.252 e. The van der Waals surface area contributed by atoms with Crippen LogP contribution in [-0.4, -0.2) is 41.9 Å². The van der Waals surface area contributed by atoms with Gasteiger partial charge in [0.2, 0.25) is 5.91 Å². The molecule has 0 aliphatic carbocycles. The van der Waals surface area contributed by atoms with Crippen molar-refractivity contribution in [2.75, 3.05) is 19.5 Å². The highest BCUT2D eigenvalue weighted by Crippen LogP contribution is 2.40. The molecule has 1 aliphatic rings. The first-order chi connectivity index (χ1) is 15.3. The van der Waals surface area contributed by atoms with Crippen LogP contribution in [0.3, 0.4) is 0 Å².